The van der Waals surface area contributed by atoms with E-state index in [2.05, 4.69) is 19.9 Å². The summed E-state index contributed by atoms with van der Waals surface area (Å²) < 4.78 is 1.87. The normalized spacial score (nSPS) is 22.5. The summed E-state index contributed by atoms with van der Waals surface area (Å²) >= 11 is 0. The average Bonchev–Trinajstić information content (AvgIpc) is 3.10. The highest BCUT2D eigenvalue weighted by atomic mass is 16.2. The zero-order valence-electron chi connectivity index (χ0n) is 13.4. The van der Waals surface area contributed by atoms with E-state index in [1.165, 1.54) is 6.42 Å². The third-order valence-corrected chi connectivity index (χ3v) is 5.03. The van der Waals surface area contributed by atoms with E-state index < -0.39 is 0 Å². The minimum absolute atomic E-state index is 0.112. The lowest BCUT2D eigenvalue weighted by Gasteiger charge is -2.37. The largest absolute Gasteiger partial charge is 0.356 e. The monoisotopic (exact) mass is 313 g/mol. The Morgan fingerprint density at radius 1 is 1.04 bits per heavy atom. The van der Waals surface area contributed by atoms with Gasteiger partial charge < -0.3 is 9.80 Å². The average molecular weight is 313 g/mol. The van der Waals surface area contributed by atoms with E-state index in [9.17, 15) is 4.79 Å². The van der Waals surface area contributed by atoms with E-state index in [-0.39, 0.29) is 5.92 Å². The topological polar surface area (TPSA) is 53.7 Å². The van der Waals surface area contributed by atoms with Crippen LogP contribution in [0.15, 0.2) is 24.5 Å². The molecule has 0 N–H and O–H groups in total. The van der Waals surface area contributed by atoms with Gasteiger partial charge in [0.05, 0.1) is 12.1 Å². The van der Waals surface area contributed by atoms with Gasteiger partial charge in [0.2, 0.25) is 5.91 Å². The van der Waals surface area contributed by atoms with E-state index in [0.29, 0.717) is 5.91 Å². The molecule has 2 aromatic rings. The number of aromatic nitrogens is 3. The number of hydrogen-bond donors (Lipinski definition) is 0. The van der Waals surface area contributed by atoms with Crippen molar-refractivity contribution in [3.63, 3.8) is 0 Å². The van der Waals surface area contributed by atoms with Crippen molar-refractivity contribution in [3.05, 3.63) is 24.5 Å². The first-order chi connectivity index (χ1) is 11.3. The van der Waals surface area contributed by atoms with Crippen LogP contribution in [0.4, 0.5) is 5.82 Å². The summed E-state index contributed by atoms with van der Waals surface area (Å²) in [6.45, 7) is 3.64. The van der Waals surface area contributed by atoms with E-state index in [4.69, 9.17) is 0 Å². The molecule has 4 heterocycles. The SMILES string of the molecule is O=C(C1CCCN(c2ccnc3ccnn23)C1)N1CCCCC1. The van der Waals surface area contributed by atoms with Gasteiger partial charge in [-0.25, -0.2) is 4.98 Å². The van der Waals surface area contributed by atoms with Gasteiger partial charge in [-0.2, -0.15) is 9.61 Å². The molecule has 6 nitrogen and oxygen atoms in total. The molecule has 1 atom stereocenters. The number of carbonyl (C=O) groups excluding carboxylic acids is 1. The highest BCUT2D eigenvalue weighted by Gasteiger charge is 2.30. The lowest BCUT2D eigenvalue weighted by Crippen LogP contribution is -2.46. The number of rotatable bonds is 2. The summed E-state index contributed by atoms with van der Waals surface area (Å²) in [6.07, 6.45) is 9.21. The van der Waals surface area contributed by atoms with Crippen LogP contribution in [0.25, 0.3) is 5.65 Å². The van der Waals surface area contributed by atoms with Gasteiger partial charge in [0.25, 0.3) is 0 Å². The zero-order valence-corrected chi connectivity index (χ0v) is 13.4. The quantitative estimate of drug-likeness (QED) is 0.850. The van der Waals surface area contributed by atoms with Crippen molar-refractivity contribution in [2.24, 2.45) is 5.92 Å². The number of likely N-dealkylation sites (tertiary alicyclic amines) is 1. The second-order valence-corrected chi connectivity index (χ2v) is 6.58. The van der Waals surface area contributed by atoms with Crippen LogP contribution in [0.3, 0.4) is 0 Å². The Labute approximate surface area is 136 Å². The van der Waals surface area contributed by atoms with Crippen molar-refractivity contribution < 1.29 is 4.79 Å². The molecule has 4 rings (SSSR count). The Bertz CT molecular complexity index is 691. The van der Waals surface area contributed by atoms with Gasteiger partial charge in [-0.05, 0) is 38.2 Å². The fraction of sp³-hybridized carbons (Fsp3) is 0.588. The number of amides is 1. The molecule has 2 fully saturated rings. The van der Waals surface area contributed by atoms with Gasteiger partial charge in [-0.1, -0.05) is 0 Å². The summed E-state index contributed by atoms with van der Waals surface area (Å²) in [6, 6.07) is 3.90. The van der Waals surface area contributed by atoms with Crippen LogP contribution in [0.2, 0.25) is 0 Å². The van der Waals surface area contributed by atoms with E-state index in [1.807, 2.05) is 22.8 Å². The van der Waals surface area contributed by atoms with E-state index >= 15 is 0 Å². The maximum absolute atomic E-state index is 12.8. The third-order valence-electron chi connectivity index (χ3n) is 5.03. The fourth-order valence-corrected chi connectivity index (χ4v) is 3.82. The molecule has 2 saturated heterocycles. The van der Waals surface area contributed by atoms with Crippen molar-refractivity contribution >= 4 is 17.4 Å². The second-order valence-electron chi connectivity index (χ2n) is 6.58. The van der Waals surface area contributed by atoms with Crippen LogP contribution in [-0.2, 0) is 4.79 Å². The van der Waals surface area contributed by atoms with Crippen LogP contribution in [-0.4, -0.2) is 51.6 Å². The third kappa shape index (κ3) is 2.78. The van der Waals surface area contributed by atoms with Gasteiger partial charge in [-0.3, -0.25) is 4.79 Å². The predicted molar refractivity (Wildman–Crippen MR) is 88.4 cm³/mol. The molecule has 2 aliphatic heterocycles. The summed E-state index contributed by atoms with van der Waals surface area (Å²) in [5, 5.41) is 4.37. The molecule has 0 aromatic carbocycles. The predicted octanol–water partition coefficient (Wildman–Crippen LogP) is 1.96. The Kier molecular flexibility index (Phi) is 3.89. The molecule has 6 heteroatoms. The maximum atomic E-state index is 12.8. The Hall–Kier alpha value is -2.11. The molecule has 0 spiro atoms. The molecule has 122 valence electrons. The molecule has 1 amide bonds. The first kappa shape index (κ1) is 14.5. The first-order valence-electron chi connectivity index (χ1n) is 8.65. The highest BCUT2D eigenvalue weighted by molar-refractivity contribution is 5.79. The van der Waals surface area contributed by atoms with Crippen molar-refractivity contribution in [1.29, 1.82) is 0 Å². The van der Waals surface area contributed by atoms with Crippen molar-refractivity contribution in [2.75, 3.05) is 31.1 Å². The Balaban J connectivity index is 1.52. The van der Waals surface area contributed by atoms with E-state index in [0.717, 1.165) is 63.3 Å². The smallest absolute Gasteiger partial charge is 0.227 e. The standard InChI is InChI=1S/C17H23N5O/c23-17(20-10-2-1-3-11-20)14-5-4-12-21(13-14)16-7-8-18-15-6-9-19-22(15)16/h6-9,14H,1-5,10-13H2. The minimum Gasteiger partial charge on any atom is -0.356 e. The number of nitrogens with zero attached hydrogens (tertiary/aromatic N) is 5. The van der Waals surface area contributed by atoms with Crippen LogP contribution in [0.1, 0.15) is 32.1 Å². The molecule has 1 unspecified atom stereocenters. The summed E-state index contributed by atoms with van der Waals surface area (Å²) in [4.78, 5) is 21.5. The minimum atomic E-state index is 0.112. The van der Waals surface area contributed by atoms with Crippen molar-refractivity contribution in [3.8, 4) is 0 Å². The van der Waals surface area contributed by atoms with Gasteiger partial charge >= 0.3 is 0 Å². The number of hydrogen-bond acceptors (Lipinski definition) is 4. The molecule has 2 aromatic heterocycles. The number of anilines is 1. The maximum Gasteiger partial charge on any atom is 0.227 e. The lowest BCUT2D eigenvalue weighted by atomic mass is 9.95. The molecule has 0 bridgehead atoms. The molecular weight excluding hydrogens is 290 g/mol. The number of carbonyl (C=O) groups is 1. The van der Waals surface area contributed by atoms with Crippen molar-refractivity contribution in [1.82, 2.24) is 19.5 Å². The summed E-state index contributed by atoms with van der Waals surface area (Å²) in [7, 11) is 0. The highest BCUT2D eigenvalue weighted by Crippen LogP contribution is 2.25. The van der Waals surface area contributed by atoms with Crippen LogP contribution in [0, 0.1) is 5.92 Å². The van der Waals surface area contributed by atoms with Gasteiger partial charge in [0.15, 0.2) is 5.65 Å². The molecular formula is C17H23N5O. The zero-order chi connectivity index (χ0) is 15.6. The van der Waals surface area contributed by atoms with Crippen molar-refractivity contribution in [2.45, 2.75) is 32.1 Å². The molecule has 0 saturated carbocycles. The number of fused-ring (bicyclic) bond motifs is 1. The molecule has 23 heavy (non-hydrogen) atoms. The van der Waals surface area contributed by atoms with Gasteiger partial charge in [0, 0.05) is 38.4 Å². The van der Waals surface area contributed by atoms with Crippen LogP contribution < -0.4 is 4.90 Å². The summed E-state index contributed by atoms with van der Waals surface area (Å²) in [5.74, 6) is 1.50. The lowest BCUT2D eigenvalue weighted by molar-refractivity contribution is -0.136. The molecule has 2 aliphatic rings. The van der Waals surface area contributed by atoms with E-state index in [1.54, 1.807) is 6.20 Å². The fourth-order valence-electron chi connectivity index (χ4n) is 3.82. The molecule has 0 radical (unpaired) electrons. The molecule has 0 aliphatic carbocycles. The Morgan fingerprint density at radius 2 is 1.91 bits per heavy atom. The van der Waals surface area contributed by atoms with Crippen LogP contribution in [0.5, 0.6) is 0 Å². The first-order valence-corrected chi connectivity index (χ1v) is 8.65. The van der Waals surface area contributed by atoms with Gasteiger partial charge in [0.1, 0.15) is 5.82 Å². The second kappa shape index (κ2) is 6.18. The van der Waals surface area contributed by atoms with Crippen LogP contribution >= 0.6 is 0 Å². The van der Waals surface area contributed by atoms with Gasteiger partial charge in [-0.15, -0.1) is 0 Å². The summed E-state index contributed by atoms with van der Waals surface area (Å²) in [5.41, 5.74) is 0.854. The Morgan fingerprint density at radius 3 is 2.78 bits per heavy atom. The number of piperidine rings is 2.